The number of unbranched alkanes of at least 4 members (excludes halogenated alkanes) is 3. The van der Waals surface area contributed by atoms with Crippen molar-refractivity contribution in [1.82, 2.24) is 9.97 Å². The normalized spacial score (nSPS) is 12.1. The van der Waals surface area contributed by atoms with E-state index < -0.39 is 9.84 Å². The minimum Gasteiger partial charge on any atom is -0.342 e. The first-order valence-electron chi connectivity index (χ1n) is 6.69. The first-order valence-corrected chi connectivity index (χ1v) is 8.58. The molecule has 0 aliphatic heterocycles. The van der Waals surface area contributed by atoms with Gasteiger partial charge in [-0.05, 0) is 24.6 Å². The summed E-state index contributed by atoms with van der Waals surface area (Å²) in [4.78, 5) is 8.03. The summed E-state index contributed by atoms with van der Waals surface area (Å²) in [6, 6.07) is 5.03. The van der Waals surface area contributed by atoms with Gasteiger partial charge in [0.2, 0.25) is 0 Å². The topological polar surface area (TPSA) is 62.8 Å². The van der Waals surface area contributed by atoms with Crippen LogP contribution in [-0.4, -0.2) is 24.6 Å². The summed E-state index contributed by atoms with van der Waals surface area (Å²) in [5.74, 6) is 0.941. The van der Waals surface area contributed by atoms with Crippen molar-refractivity contribution < 1.29 is 8.42 Å². The van der Waals surface area contributed by atoms with Crippen LogP contribution in [0.15, 0.2) is 23.1 Å². The minimum absolute atomic E-state index is 0.334. The van der Waals surface area contributed by atoms with Crippen LogP contribution in [0.3, 0.4) is 0 Å². The fraction of sp³-hybridized carbons (Fsp3) is 0.500. The van der Waals surface area contributed by atoms with E-state index in [2.05, 4.69) is 16.9 Å². The Morgan fingerprint density at radius 3 is 2.68 bits per heavy atom. The monoisotopic (exact) mass is 280 g/mol. The zero-order valence-corrected chi connectivity index (χ0v) is 12.3. The van der Waals surface area contributed by atoms with E-state index in [9.17, 15) is 8.42 Å². The van der Waals surface area contributed by atoms with Crippen molar-refractivity contribution in [2.24, 2.45) is 0 Å². The van der Waals surface area contributed by atoms with Gasteiger partial charge in [-0.25, -0.2) is 13.4 Å². The molecular formula is C14H20N2O2S. The number of hydrogen-bond donors (Lipinski definition) is 1. The number of aryl methyl sites for hydroxylation is 1. The van der Waals surface area contributed by atoms with E-state index in [4.69, 9.17) is 0 Å². The Bertz CT molecular complexity index is 659. The van der Waals surface area contributed by atoms with Crippen molar-refractivity contribution in [2.75, 3.05) is 6.26 Å². The molecule has 2 rings (SSSR count). The summed E-state index contributed by atoms with van der Waals surface area (Å²) >= 11 is 0. The highest BCUT2D eigenvalue weighted by atomic mass is 32.2. The van der Waals surface area contributed by atoms with E-state index in [1.54, 1.807) is 18.2 Å². The fourth-order valence-electron chi connectivity index (χ4n) is 2.11. The highest BCUT2D eigenvalue weighted by Gasteiger charge is 2.09. The third-order valence-electron chi connectivity index (χ3n) is 3.20. The summed E-state index contributed by atoms with van der Waals surface area (Å²) in [5.41, 5.74) is 1.63. The maximum absolute atomic E-state index is 11.5. The molecule has 1 aromatic carbocycles. The van der Waals surface area contributed by atoms with E-state index in [0.717, 1.165) is 29.7 Å². The minimum atomic E-state index is -3.16. The average molecular weight is 280 g/mol. The Morgan fingerprint density at radius 2 is 2.00 bits per heavy atom. The first-order chi connectivity index (χ1) is 9.00. The molecule has 1 heterocycles. The maximum atomic E-state index is 11.5. The lowest BCUT2D eigenvalue weighted by molar-refractivity contribution is 0.602. The van der Waals surface area contributed by atoms with E-state index in [1.165, 1.54) is 25.5 Å². The zero-order chi connectivity index (χ0) is 13.9. The van der Waals surface area contributed by atoms with Gasteiger partial charge in [-0.2, -0.15) is 0 Å². The van der Waals surface area contributed by atoms with Crippen LogP contribution >= 0.6 is 0 Å². The van der Waals surface area contributed by atoms with E-state index in [1.807, 2.05) is 0 Å². The summed E-state index contributed by atoms with van der Waals surface area (Å²) < 4.78 is 23.0. The molecule has 0 atom stereocenters. The lowest BCUT2D eigenvalue weighted by Gasteiger charge is -1.96. The molecule has 0 saturated carbocycles. The Balaban J connectivity index is 2.17. The Hall–Kier alpha value is -1.36. The van der Waals surface area contributed by atoms with Crippen LogP contribution in [-0.2, 0) is 16.3 Å². The van der Waals surface area contributed by atoms with Crippen molar-refractivity contribution in [3.05, 3.63) is 24.0 Å². The van der Waals surface area contributed by atoms with E-state index >= 15 is 0 Å². The van der Waals surface area contributed by atoms with Crippen molar-refractivity contribution in [1.29, 1.82) is 0 Å². The molecule has 0 aliphatic carbocycles. The average Bonchev–Trinajstić information content (AvgIpc) is 2.75. The summed E-state index contributed by atoms with van der Waals surface area (Å²) in [7, 11) is -3.16. The molecule has 104 valence electrons. The largest absolute Gasteiger partial charge is 0.342 e. The van der Waals surface area contributed by atoms with E-state index in [0.29, 0.717) is 4.90 Å². The Labute approximate surface area is 114 Å². The third kappa shape index (κ3) is 3.56. The molecule has 0 amide bonds. The van der Waals surface area contributed by atoms with Crippen LogP contribution in [0, 0.1) is 0 Å². The molecule has 0 radical (unpaired) electrons. The van der Waals surface area contributed by atoms with Gasteiger partial charge in [0.05, 0.1) is 15.9 Å². The molecule has 19 heavy (non-hydrogen) atoms. The summed E-state index contributed by atoms with van der Waals surface area (Å²) in [6.07, 6.45) is 6.93. The number of fused-ring (bicyclic) bond motifs is 1. The van der Waals surface area contributed by atoms with Crippen LogP contribution in [0.2, 0.25) is 0 Å². The summed E-state index contributed by atoms with van der Waals surface area (Å²) in [5, 5.41) is 0. The maximum Gasteiger partial charge on any atom is 0.175 e. The number of aromatic amines is 1. The molecule has 0 spiro atoms. The molecule has 0 bridgehead atoms. The van der Waals surface area contributed by atoms with Gasteiger partial charge >= 0.3 is 0 Å². The number of nitrogens with one attached hydrogen (secondary N) is 1. The van der Waals surface area contributed by atoms with Gasteiger partial charge < -0.3 is 4.98 Å². The predicted molar refractivity (Wildman–Crippen MR) is 77.0 cm³/mol. The molecular weight excluding hydrogens is 260 g/mol. The molecule has 5 heteroatoms. The number of nitrogens with zero attached hydrogens (tertiary/aromatic N) is 1. The second-order valence-corrected chi connectivity index (χ2v) is 6.96. The molecule has 1 aromatic heterocycles. The highest BCUT2D eigenvalue weighted by Crippen LogP contribution is 2.18. The van der Waals surface area contributed by atoms with Gasteiger partial charge in [-0.3, -0.25) is 0 Å². The lowest BCUT2D eigenvalue weighted by atomic mass is 10.1. The quantitative estimate of drug-likeness (QED) is 0.827. The van der Waals surface area contributed by atoms with Gasteiger partial charge in [0, 0.05) is 12.7 Å². The van der Waals surface area contributed by atoms with Crippen LogP contribution in [0.1, 0.15) is 38.4 Å². The summed E-state index contributed by atoms with van der Waals surface area (Å²) in [6.45, 7) is 2.19. The molecule has 2 aromatic rings. The second kappa shape index (κ2) is 5.74. The van der Waals surface area contributed by atoms with Crippen molar-refractivity contribution in [3.8, 4) is 0 Å². The number of aromatic nitrogens is 2. The zero-order valence-electron chi connectivity index (χ0n) is 11.4. The van der Waals surface area contributed by atoms with Crippen LogP contribution in [0.5, 0.6) is 0 Å². The molecule has 0 unspecified atom stereocenters. The molecule has 0 aliphatic rings. The Kier molecular flexibility index (Phi) is 4.24. The number of rotatable bonds is 6. The van der Waals surface area contributed by atoms with Crippen LogP contribution in [0.4, 0.5) is 0 Å². The molecule has 0 saturated heterocycles. The first kappa shape index (κ1) is 14.1. The SMILES string of the molecule is CCCCCCc1nc2ccc(S(C)(=O)=O)cc2[nH]1. The van der Waals surface area contributed by atoms with Crippen LogP contribution < -0.4 is 0 Å². The van der Waals surface area contributed by atoms with Crippen molar-refractivity contribution in [2.45, 2.75) is 43.9 Å². The van der Waals surface area contributed by atoms with Gasteiger partial charge in [-0.15, -0.1) is 0 Å². The van der Waals surface area contributed by atoms with Crippen molar-refractivity contribution >= 4 is 20.9 Å². The number of H-pyrrole nitrogens is 1. The van der Waals surface area contributed by atoms with Gasteiger partial charge in [0.25, 0.3) is 0 Å². The standard InChI is InChI=1S/C14H20N2O2S/c1-3-4-5-6-7-14-15-12-9-8-11(19(2,17)18)10-13(12)16-14/h8-10H,3-7H2,1-2H3,(H,15,16). The van der Waals surface area contributed by atoms with Crippen molar-refractivity contribution in [3.63, 3.8) is 0 Å². The lowest BCUT2D eigenvalue weighted by Crippen LogP contribution is -1.96. The Morgan fingerprint density at radius 1 is 1.21 bits per heavy atom. The smallest absolute Gasteiger partial charge is 0.175 e. The highest BCUT2D eigenvalue weighted by molar-refractivity contribution is 7.90. The molecule has 4 nitrogen and oxygen atoms in total. The predicted octanol–water partition coefficient (Wildman–Crippen LogP) is 3.09. The molecule has 0 fully saturated rings. The van der Waals surface area contributed by atoms with Gasteiger partial charge in [0.15, 0.2) is 9.84 Å². The second-order valence-electron chi connectivity index (χ2n) is 4.95. The number of benzene rings is 1. The number of imidazole rings is 1. The van der Waals surface area contributed by atoms with Crippen LogP contribution in [0.25, 0.3) is 11.0 Å². The van der Waals surface area contributed by atoms with Gasteiger partial charge in [-0.1, -0.05) is 26.2 Å². The van der Waals surface area contributed by atoms with Gasteiger partial charge in [0.1, 0.15) is 5.82 Å². The number of sulfone groups is 1. The molecule has 1 N–H and O–H groups in total. The fourth-order valence-corrected chi connectivity index (χ4v) is 2.76. The third-order valence-corrected chi connectivity index (χ3v) is 4.31. The number of hydrogen-bond acceptors (Lipinski definition) is 3. The van der Waals surface area contributed by atoms with E-state index in [-0.39, 0.29) is 0 Å².